The molecule has 2 N–H and O–H groups in total. The number of hydrogen-bond acceptors (Lipinski definition) is 9. The molecule has 2 heterocycles. The fourth-order valence-electron chi connectivity index (χ4n) is 3.19. The normalized spacial score (nSPS) is 20.2. The summed E-state index contributed by atoms with van der Waals surface area (Å²) in [5.74, 6) is -0.676. The van der Waals surface area contributed by atoms with Gasteiger partial charge in [0.05, 0.1) is 5.56 Å². The van der Waals surface area contributed by atoms with E-state index < -0.39 is 46.4 Å². The molecule has 3 unspecified atom stereocenters. The molecule has 11 heteroatoms. The third-order valence-corrected chi connectivity index (χ3v) is 4.88. The molecule has 10 nitrogen and oxygen atoms in total. The zero-order valence-corrected chi connectivity index (χ0v) is 17.1. The topological polar surface area (TPSA) is 150 Å². The van der Waals surface area contributed by atoms with Gasteiger partial charge in [0.25, 0.3) is 0 Å². The van der Waals surface area contributed by atoms with E-state index in [0.29, 0.717) is 11.0 Å². The SMILES string of the molecule is CC(C)=CC(=O)OC(C)(COS(=O)(=O)O)C1Oc2ccc3ccc(=O)oc3c2C1O. The first-order chi connectivity index (χ1) is 13.9. The number of aliphatic hydroxyl groups excluding tert-OH is 1. The Balaban J connectivity index is 2.03. The highest BCUT2D eigenvalue weighted by atomic mass is 32.3. The average molecular weight is 440 g/mol. The quantitative estimate of drug-likeness (QED) is 0.294. The molecule has 0 amide bonds. The minimum absolute atomic E-state index is 0.0867. The summed E-state index contributed by atoms with van der Waals surface area (Å²) in [6.45, 7) is 3.75. The van der Waals surface area contributed by atoms with Crippen LogP contribution in [0.5, 0.6) is 5.75 Å². The van der Waals surface area contributed by atoms with Crippen molar-refractivity contribution in [3.63, 3.8) is 0 Å². The third-order valence-electron chi connectivity index (χ3n) is 4.46. The Morgan fingerprint density at radius 1 is 1.27 bits per heavy atom. The smallest absolute Gasteiger partial charge is 0.397 e. The molecule has 1 aromatic carbocycles. The number of rotatable bonds is 6. The highest BCUT2D eigenvalue weighted by Gasteiger charge is 2.51. The van der Waals surface area contributed by atoms with Crippen molar-refractivity contribution >= 4 is 27.3 Å². The van der Waals surface area contributed by atoms with E-state index in [4.69, 9.17) is 18.4 Å². The predicted molar refractivity (Wildman–Crippen MR) is 103 cm³/mol. The van der Waals surface area contributed by atoms with Crippen LogP contribution < -0.4 is 10.4 Å². The van der Waals surface area contributed by atoms with E-state index in [9.17, 15) is 23.1 Å². The average Bonchev–Trinajstić information content (AvgIpc) is 2.96. The van der Waals surface area contributed by atoms with E-state index >= 15 is 0 Å². The monoisotopic (exact) mass is 440 g/mol. The number of aliphatic hydroxyl groups is 1. The van der Waals surface area contributed by atoms with Crippen LogP contribution in [-0.2, 0) is 24.1 Å². The molecule has 1 aromatic heterocycles. The molecule has 0 bridgehead atoms. The molecule has 30 heavy (non-hydrogen) atoms. The Kier molecular flexibility index (Phi) is 5.74. The van der Waals surface area contributed by atoms with Crippen LogP contribution in [0.2, 0.25) is 0 Å². The molecular weight excluding hydrogens is 420 g/mol. The van der Waals surface area contributed by atoms with E-state index in [1.807, 2.05) is 0 Å². The minimum Gasteiger partial charge on any atom is -0.483 e. The number of carbonyl (C=O) groups is 1. The van der Waals surface area contributed by atoms with Gasteiger partial charge in [-0.25, -0.2) is 13.8 Å². The van der Waals surface area contributed by atoms with Crippen molar-refractivity contribution in [1.29, 1.82) is 0 Å². The zero-order chi connectivity index (χ0) is 22.3. The Bertz CT molecular complexity index is 1180. The van der Waals surface area contributed by atoms with Crippen molar-refractivity contribution in [2.45, 2.75) is 38.6 Å². The van der Waals surface area contributed by atoms with Crippen LogP contribution in [0.1, 0.15) is 32.4 Å². The van der Waals surface area contributed by atoms with Crippen molar-refractivity contribution in [2.24, 2.45) is 0 Å². The second-order valence-corrected chi connectivity index (χ2v) is 8.37. The van der Waals surface area contributed by atoms with E-state index in [2.05, 4.69) is 4.18 Å². The standard InChI is InChI=1S/C19H20O10S/c1-10(2)8-14(21)29-19(3,9-26-30(23,24)25)18-16(22)15-12(27-18)6-4-11-5-7-13(20)28-17(11)15/h4-8,16,18,22H,9H2,1-3H3,(H,23,24,25). The molecule has 0 fully saturated rings. The largest absolute Gasteiger partial charge is 0.483 e. The maximum absolute atomic E-state index is 12.2. The molecule has 3 rings (SSSR count). The molecule has 0 radical (unpaired) electrons. The molecule has 0 saturated heterocycles. The highest BCUT2D eigenvalue weighted by molar-refractivity contribution is 7.80. The van der Waals surface area contributed by atoms with Gasteiger partial charge in [-0.3, -0.25) is 4.55 Å². The van der Waals surface area contributed by atoms with Gasteiger partial charge >= 0.3 is 22.0 Å². The van der Waals surface area contributed by atoms with Gasteiger partial charge in [0.2, 0.25) is 0 Å². The highest BCUT2D eigenvalue weighted by Crippen LogP contribution is 2.45. The molecule has 1 aliphatic heterocycles. The van der Waals surface area contributed by atoms with E-state index in [1.54, 1.807) is 19.9 Å². The number of carbonyl (C=O) groups excluding carboxylic acids is 1. The number of ether oxygens (including phenoxy) is 2. The number of fused-ring (bicyclic) bond motifs is 3. The number of hydrogen-bond donors (Lipinski definition) is 2. The Morgan fingerprint density at radius 2 is 1.93 bits per heavy atom. The van der Waals surface area contributed by atoms with Crippen LogP contribution >= 0.6 is 0 Å². The van der Waals surface area contributed by atoms with Crippen LogP contribution in [0.4, 0.5) is 0 Å². The fourth-order valence-corrected chi connectivity index (χ4v) is 3.57. The molecule has 162 valence electrons. The van der Waals surface area contributed by atoms with Crippen molar-refractivity contribution in [3.8, 4) is 5.75 Å². The lowest BCUT2D eigenvalue weighted by atomic mass is 9.92. The lowest BCUT2D eigenvalue weighted by Crippen LogP contribution is -2.51. The van der Waals surface area contributed by atoms with Gasteiger partial charge in [-0.15, -0.1) is 0 Å². The minimum atomic E-state index is -4.87. The second kappa shape index (κ2) is 7.84. The molecule has 1 aliphatic rings. The van der Waals surface area contributed by atoms with Crippen LogP contribution in [0.3, 0.4) is 0 Å². The lowest BCUT2D eigenvalue weighted by molar-refractivity contribution is -0.174. The van der Waals surface area contributed by atoms with Crippen molar-refractivity contribution < 1.29 is 40.9 Å². The Morgan fingerprint density at radius 3 is 2.57 bits per heavy atom. The van der Waals surface area contributed by atoms with Crippen LogP contribution in [0.25, 0.3) is 11.0 Å². The fraction of sp³-hybridized carbons (Fsp3) is 0.368. The maximum atomic E-state index is 12.2. The number of esters is 1. The Hall–Kier alpha value is -2.73. The lowest BCUT2D eigenvalue weighted by Gasteiger charge is -2.34. The van der Waals surface area contributed by atoms with Crippen LogP contribution in [0.15, 0.2) is 45.1 Å². The first kappa shape index (κ1) is 22.0. The van der Waals surface area contributed by atoms with Gasteiger partial charge in [0, 0.05) is 17.5 Å². The first-order valence-electron chi connectivity index (χ1n) is 8.81. The molecule has 2 aromatic rings. The zero-order valence-electron chi connectivity index (χ0n) is 16.3. The van der Waals surface area contributed by atoms with Gasteiger partial charge in [-0.2, -0.15) is 8.42 Å². The van der Waals surface area contributed by atoms with E-state index in [1.165, 1.54) is 25.1 Å². The molecule has 0 spiro atoms. The van der Waals surface area contributed by atoms with Gasteiger partial charge in [-0.05, 0) is 39.0 Å². The van der Waals surface area contributed by atoms with E-state index in [-0.39, 0.29) is 16.9 Å². The van der Waals surface area contributed by atoms with Gasteiger partial charge in [0.15, 0.2) is 11.7 Å². The number of benzene rings is 1. The second-order valence-electron chi connectivity index (χ2n) is 7.28. The predicted octanol–water partition coefficient (Wildman–Crippen LogP) is 1.67. The number of allylic oxidation sites excluding steroid dienone is 1. The van der Waals surface area contributed by atoms with Crippen LogP contribution in [-0.4, -0.2) is 42.4 Å². The summed E-state index contributed by atoms with van der Waals surface area (Å²) in [7, 11) is -4.87. The van der Waals surface area contributed by atoms with Gasteiger partial charge in [0.1, 0.15) is 24.0 Å². The van der Waals surface area contributed by atoms with E-state index in [0.717, 1.165) is 6.08 Å². The molecule has 0 saturated carbocycles. The van der Waals surface area contributed by atoms with Crippen molar-refractivity contribution in [1.82, 2.24) is 0 Å². The van der Waals surface area contributed by atoms with Crippen LogP contribution in [0, 0.1) is 0 Å². The summed E-state index contributed by atoms with van der Waals surface area (Å²) in [6.07, 6.45) is -1.64. The molecule has 3 atom stereocenters. The maximum Gasteiger partial charge on any atom is 0.397 e. The molecule has 0 aliphatic carbocycles. The van der Waals surface area contributed by atoms with Crippen molar-refractivity contribution in [3.05, 3.63) is 51.9 Å². The molecular formula is C19H20O10S. The summed E-state index contributed by atoms with van der Waals surface area (Å²) < 4.78 is 51.9. The van der Waals surface area contributed by atoms with Gasteiger partial charge in [-0.1, -0.05) is 5.57 Å². The Labute approximate surface area is 171 Å². The third kappa shape index (κ3) is 4.54. The summed E-state index contributed by atoms with van der Waals surface area (Å²) >= 11 is 0. The summed E-state index contributed by atoms with van der Waals surface area (Å²) in [5, 5.41) is 11.5. The summed E-state index contributed by atoms with van der Waals surface area (Å²) in [5.41, 5.74) is -1.64. The summed E-state index contributed by atoms with van der Waals surface area (Å²) in [4.78, 5) is 23.9. The van der Waals surface area contributed by atoms with Gasteiger partial charge < -0.3 is 19.0 Å². The van der Waals surface area contributed by atoms with Crippen molar-refractivity contribution in [2.75, 3.05) is 6.61 Å². The first-order valence-corrected chi connectivity index (χ1v) is 10.2. The summed E-state index contributed by atoms with van der Waals surface area (Å²) in [6, 6.07) is 5.87.